The molecule has 4 heteroatoms. The van der Waals surface area contributed by atoms with Crippen molar-refractivity contribution in [1.29, 1.82) is 0 Å². The Morgan fingerprint density at radius 3 is 2.71 bits per heavy atom. The first-order valence-corrected chi connectivity index (χ1v) is 6.97. The zero-order chi connectivity index (χ0) is 11.7. The molecular weight excluding hydrogens is 278 g/mol. The van der Waals surface area contributed by atoms with E-state index >= 15 is 0 Å². The van der Waals surface area contributed by atoms with Crippen LogP contribution >= 0.6 is 15.9 Å². The van der Waals surface area contributed by atoms with Crippen LogP contribution in [0.5, 0.6) is 0 Å². The Morgan fingerprint density at radius 2 is 1.94 bits per heavy atom. The first-order valence-electron chi connectivity index (χ1n) is 6.18. The zero-order valence-corrected chi connectivity index (χ0v) is 11.2. The van der Waals surface area contributed by atoms with Gasteiger partial charge in [-0.3, -0.25) is 0 Å². The van der Waals surface area contributed by atoms with E-state index in [0.29, 0.717) is 12.1 Å². The van der Waals surface area contributed by atoms with Gasteiger partial charge in [-0.05, 0) is 37.1 Å². The summed E-state index contributed by atoms with van der Waals surface area (Å²) in [7, 11) is 0. The van der Waals surface area contributed by atoms with Crippen molar-refractivity contribution >= 4 is 27.6 Å². The zero-order valence-electron chi connectivity index (χ0n) is 9.62. The van der Waals surface area contributed by atoms with Gasteiger partial charge in [0.2, 0.25) is 0 Å². The van der Waals surface area contributed by atoms with E-state index in [0.717, 1.165) is 16.1 Å². The van der Waals surface area contributed by atoms with Gasteiger partial charge in [0.15, 0.2) is 5.96 Å². The lowest BCUT2D eigenvalue weighted by Crippen LogP contribution is -2.38. The van der Waals surface area contributed by atoms with Crippen LogP contribution in [0.2, 0.25) is 0 Å². The Bertz CT molecular complexity index is 427. The highest BCUT2D eigenvalue weighted by Crippen LogP contribution is 2.25. The van der Waals surface area contributed by atoms with Crippen LogP contribution in [0.15, 0.2) is 33.7 Å². The van der Waals surface area contributed by atoms with E-state index in [4.69, 9.17) is 4.99 Å². The topological polar surface area (TPSA) is 36.4 Å². The van der Waals surface area contributed by atoms with Crippen molar-refractivity contribution in [2.24, 2.45) is 4.99 Å². The number of hydrogen-bond acceptors (Lipinski definition) is 3. The molecule has 0 saturated heterocycles. The van der Waals surface area contributed by atoms with Crippen LogP contribution in [0.4, 0.5) is 5.69 Å². The van der Waals surface area contributed by atoms with Gasteiger partial charge in [0.05, 0.1) is 12.1 Å². The van der Waals surface area contributed by atoms with E-state index < -0.39 is 0 Å². The molecule has 0 radical (unpaired) electrons. The molecule has 0 bridgehead atoms. The van der Waals surface area contributed by atoms with Gasteiger partial charge in [-0.15, -0.1) is 0 Å². The van der Waals surface area contributed by atoms with Crippen LogP contribution in [0.25, 0.3) is 0 Å². The number of benzene rings is 1. The fourth-order valence-electron chi connectivity index (χ4n) is 2.55. The maximum atomic E-state index is 4.71. The van der Waals surface area contributed by atoms with Crippen molar-refractivity contribution in [3.05, 3.63) is 28.7 Å². The highest BCUT2D eigenvalue weighted by Gasteiger charge is 2.30. The third-order valence-electron chi connectivity index (χ3n) is 3.45. The molecule has 0 aromatic heterocycles. The predicted octanol–water partition coefficient (Wildman–Crippen LogP) is 3.13. The normalized spacial score (nSPS) is 27.0. The molecule has 2 atom stereocenters. The molecule has 0 unspecified atom stereocenters. The van der Waals surface area contributed by atoms with Gasteiger partial charge in [-0.25, -0.2) is 4.99 Å². The van der Waals surface area contributed by atoms with Crippen LogP contribution in [-0.2, 0) is 0 Å². The largest absolute Gasteiger partial charge is 0.351 e. The molecular formula is C13H16BrN3. The maximum Gasteiger partial charge on any atom is 0.196 e. The van der Waals surface area contributed by atoms with Gasteiger partial charge in [-0.1, -0.05) is 28.8 Å². The monoisotopic (exact) mass is 293 g/mol. The van der Waals surface area contributed by atoms with Gasteiger partial charge in [0.1, 0.15) is 0 Å². The second-order valence-corrected chi connectivity index (χ2v) is 5.63. The summed E-state index contributed by atoms with van der Waals surface area (Å²) in [5, 5.41) is 6.83. The van der Waals surface area contributed by atoms with Gasteiger partial charge in [-0.2, -0.15) is 0 Å². The Labute approximate surface area is 110 Å². The third kappa shape index (κ3) is 2.46. The Hall–Kier alpha value is -1.03. The highest BCUT2D eigenvalue weighted by molar-refractivity contribution is 9.10. The number of rotatable bonds is 1. The summed E-state index contributed by atoms with van der Waals surface area (Å²) in [4.78, 5) is 4.71. The minimum atomic E-state index is 0.488. The molecule has 1 aliphatic carbocycles. The quantitative estimate of drug-likeness (QED) is 0.835. The van der Waals surface area contributed by atoms with Gasteiger partial charge >= 0.3 is 0 Å². The van der Waals surface area contributed by atoms with Crippen molar-refractivity contribution in [1.82, 2.24) is 5.32 Å². The number of halogens is 1. The summed E-state index contributed by atoms with van der Waals surface area (Å²) in [5.74, 6) is 0.934. The average Bonchev–Trinajstić information content (AvgIpc) is 2.74. The minimum Gasteiger partial charge on any atom is -0.351 e. The molecule has 2 aliphatic rings. The molecule has 3 nitrogen and oxygen atoms in total. The second kappa shape index (κ2) is 4.69. The first kappa shape index (κ1) is 11.1. The van der Waals surface area contributed by atoms with Gasteiger partial charge in [0.25, 0.3) is 0 Å². The van der Waals surface area contributed by atoms with Crippen LogP contribution in [0, 0.1) is 0 Å². The van der Waals surface area contributed by atoms with Crippen LogP contribution in [0.1, 0.15) is 25.7 Å². The van der Waals surface area contributed by atoms with E-state index in [1.165, 1.54) is 25.7 Å². The lowest BCUT2D eigenvalue weighted by molar-refractivity contribution is 0.384. The minimum absolute atomic E-state index is 0.488. The van der Waals surface area contributed by atoms with Crippen molar-refractivity contribution in [2.45, 2.75) is 37.8 Å². The van der Waals surface area contributed by atoms with E-state index in [2.05, 4.69) is 38.7 Å². The molecule has 1 aromatic carbocycles. The highest BCUT2D eigenvalue weighted by atomic mass is 79.9. The van der Waals surface area contributed by atoms with E-state index in [1.807, 2.05) is 12.1 Å². The van der Waals surface area contributed by atoms with Crippen LogP contribution in [0.3, 0.4) is 0 Å². The molecule has 3 rings (SSSR count). The molecule has 1 aliphatic heterocycles. The van der Waals surface area contributed by atoms with Gasteiger partial charge in [0, 0.05) is 10.2 Å². The van der Waals surface area contributed by atoms with Crippen LogP contribution < -0.4 is 10.6 Å². The average molecular weight is 294 g/mol. The number of guanidine groups is 1. The summed E-state index contributed by atoms with van der Waals surface area (Å²) < 4.78 is 1.10. The summed E-state index contributed by atoms with van der Waals surface area (Å²) >= 11 is 3.43. The molecule has 1 fully saturated rings. The molecule has 17 heavy (non-hydrogen) atoms. The number of hydrogen-bond donors (Lipinski definition) is 2. The van der Waals surface area contributed by atoms with E-state index in [9.17, 15) is 0 Å². The SMILES string of the molecule is Brc1ccc(NC2=N[C@H]3CCCC[C@H]3N2)cc1. The lowest BCUT2D eigenvalue weighted by Gasteiger charge is -2.23. The summed E-state index contributed by atoms with van der Waals surface area (Å²) in [5.41, 5.74) is 1.08. The predicted molar refractivity (Wildman–Crippen MR) is 74.4 cm³/mol. The number of fused-ring (bicyclic) bond motifs is 1. The van der Waals surface area contributed by atoms with Crippen molar-refractivity contribution in [3.8, 4) is 0 Å². The third-order valence-corrected chi connectivity index (χ3v) is 3.98. The molecule has 1 aromatic rings. The fourth-order valence-corrected chi connectivity index (χ4v) is 2.82. The number of nitrogens with one attached hydrogen (secondary N) is 2. The lowest BCUT2D eigenvalue weighted by atomic mass is 9.92. The molecule has 0 spiro atoms. The maximum absolute atomic E-state index is 4.71. The first-order chi connectivity index (χ1) is 8.31. The second-order valence-electron chi connectivity index (χ2n) is 4.71. The standard InChI is InChI=1S/C13H16BrN3/c14-9-5-7-10(8-6-9)15-13-16-11-3-1-2-4-12(11)17-13/h5-8,11-12H,1-4H2,(H2,15,16,17)/t11-,12+. The van der Waals surface area contributed by atoms with Gasteiger partial charge < -0.3 is 10.6 Å². The molecule has 1 heterocycles. The Balaban J connectivity index is 1.68. The molecule has 0 amide bonds. The van der Waals surface area contributed by atoms with Crippen molar-refractivity contribution < 1.29 is 0 Å². The summed E-state index contributed by atoms with van der Waals surface area (Å²) in [6, 6.07) is 9.21. The molecule has 1 saturated carbocycles. The van der Waals surface area contributed by atoms with E-state index in [1.54, 1.807) is 0 Å². The van der Waals surface area contributed by atoms with E-state index in [-0.39, 0.29) is 0 Å². The van der Waals surface area contributed by atoms with Crippen molar-refractivity contribution in [2.75, 3.05) is 5.32 Å². The number of nitrogens with zero attached hydrogens (tertiary/aromatic N) is 1. The molecule has 2 N–H and O–H groups in total. The summed E-state index contributed by atoms with van der Waals surface area (Å²) in [6.07, 6.45) is 5.12. The Kier molecular flexibility index (Phi) is 3.05. The molecule has 90 valence electrons. The number of anilines is 1. The van der Waals surface area contributed by atoms with Crippen molar-refractivity contribution in [3.63, 3.8) is 0 Å². The smallest absolute Gasteiger partial charge is 0.196 e. The fraction of sp³-hybridized carbons (Fsp3) is 0.462. The summed E-state index contributed by atoms with van der Waals surface area (Å²) in [6.45, 7) is 0. The van der Waals surface area contributed by atoms with Crippen LogP contribution in [-0.4, -0.2) is 18.0 Å². The number of aliphatic imine (C=N–C) groups is 1. The Morgan fingerprint density at radius 1 is 1.18 bits per heavy atom.